The van der Waals surface area contributed by atoms with Crippen LogP contribution in [0.25, 0.3) is 0 Å². The number of nitrogens with zero attached hydrogens (tertiary/aromatic N) is 4. The Labute approximate surface area is 228 Å². The van der Waals surface area contributed by atoms with Gasteiger partial charge in [-0.15, -0.1) is 4.59 Å². The lowest BCUT2D eigenvalue weighted by molar-refractivity contribution is -0.750. The van der Waals surface area contributed by atoms with Crippen molar-refractivity contribution in [3.05, 3.63) is 89.0 Å². The zero-order valence-electron chi connectivity index (χ0n) is 22.1. The number of hydrogen-bond donors (Lipinski definition) is 2. The van der Waals surface area contributed by atoms with Gasteiger partial charge in [0.05, 0.1) is 24.0 Å². The van der Waals surface area contributed by atoms with Gasteiger partial charge in [-0.3, -0.25) is 14.7 Å². The highest BCUT2D eigenvalue weighted by molar-refractivity contribution is 6.00. The molecule has 7 rings (SSSR count). The van der Waals surface area contributed by atoms with Crippen LogP contribution < -0.4 is 16.3 Å². The number of rotatable bonds is 6. The van der Waals surface area contributed by atoms with E-state index in [2.05, 4.69) is 52.4 Å². The topological polar surface area (TPSA) is 106 Å². The molecule has 8 heteroatoms. The van der Waals surface area contributed by atoms with Crippen molar-refractivity contribution in [3.8, 4) is 5.75 Å². The number of quaternary nitrogens is 1. The average molecular weight is 524 g/mol. The summed E-state index contributed by atoms with van der Waals surface area (Å²) in [4.78, 5) is 23.7. The number of benzene rings is 2. The zero-order valence-corrected chi connectivity index (χ0v) is 22.1. The van der Waals surface area contributed by atoms with Crippen LogP contribution in [0.15, 0.2) is 82.3 Å². The number of allylic oxidation sites excluding steroid dienone is 2. The minimum absolute atomic E-state index is 0.0246. The number of hydrogen-bond acceptors (Lipinski definition) is 6. The summed E-state index contributed by atoms with van der Waals surface area (Å²) in [6, 6.07) is 16.7. The van der Waals surface area contributed by atoms with Gasteiger partial charge in [-0.2, -0.15) is 10.8 Å². The summed E-state index contributed by atoms with van der Waals surface area (Å²) in [5, 5.41) is 0. The smallest absolute Gasteiger partial charge is 0.265 e. The van der Waals surface area contributed by atoms with E-state index in [-0.39, 0.29) is 22.6 Å². The van der Waals surface area contributed by atoms with Crippen molar-refractivity contribution in [3.63, 3.8) is 0 Å². The summed E-state index contributed by atoms with van der Waals surface area (Å²) in [6.07, 6.45) is 11.5. The molecule has 4 N–H and O–H groups in total. The quantitative estimate of drug-likeness (QED) is 0.442. The van der Waals surface area contributed by atoms with E-state index in [1.807, 2.05) is 18.5 Å². The third-order valence-corrected chi connectivity index (χ3v) is 9.07. The largest absolute Gasteiger partial charge is 0.485 e. The molecule has 4 aliphatic heterocycles. The molecule has 1 saturated carbocycles. The number of aryl methyl sites for hydroxylation is 1. The Morgan fingerprint density at radius 1 is 1.13 bits per heavy atom. The van der Waals surface area contributed by atoms with Crippen molar-refractivity contribution in [2.24, 2.45) is 33.4 Å². The molecule has 39 heavy (non-hydrogen) atoms. The van der Waals surface area contributed by atoms with E-state index in [0.717, 1.165) is 80.2 Å². The second-order valence-corrected chi connectivity index (χ2v) is 11.5. The predicted molar refractivity (Wildman–Crippen MR) is 150 cm³/mol. The zero-order chi connectivity index (χ0) is 26.6. The molecular formula is C31H35N6O2+. The van der Waals surface area contributed by atoms with Crippen molar-refractivity contribution in [2.45, 2.75) is 50.7 Å². The van der Waals surface area contributed by atoms with Gasteiger partial charge < -0.3 is 10.5 Å². The van der Waals surface area contributed by atoms with Gasteiger partial charge in [-0.05, 0) is 74.2 Å². The molecule has 1 saturated heterocycles. The summed E-state index contributed by atoms with van der Waals surface area (Å²) in [5.74, 6) is 9.40. The van der Waals surface area contributed by atoms with E-state index < -0.39 is 0 Å². The van der Waals surface area contributed by atoms with Crippen molar-refractivity contribution in [1.29, 1.82) is 0 Å². The number of amides is 1. The second-order valence-electron chi connectivity index (χ2n) is 11.5. The highest BCUT2D eigenvalue weighted by Gasteiger charge is 2.48. The van der Waals surface area contributed by atoms with Crippen LogP contribution in [-0.4, -0.2) is 46.6 Å². The van der Waals surface area contributed by atoms with Gasteiger partial charge in [0, 0.05) is 12.5 Å². The normalized spacial score (nSPS) is 31.4. The van der Waals surface area contributed by atoms with Crippen molar-refractivity contribution in [2.75, 3.05) is 13.1 Å². The molecule has 1 amide bonds. The molecule has 1 unspecified atom stereocenters. The highest BCUT2D eigenvalue weighted by atomic mass is 16.5. The second kappa shape index (κ2) is 9.55. The van der Waals surface area contributed by atoms with Crippen molar-refractivity contribution < 1.29 is 14.1 Å². The molecule has 0 bridgehead atoms. The average Bonchev–Trinajstić information content (AvgIpc) is 3.52. The Kier molecular flexibility index (Phi) is 5.99. The molecule has 0 spiro atoms. The van der Waals surface area contributed by atoms with Crippen LogP contribution in [0.3, 0.4) is 0 Å². The minimum atomic E-state index is -0.196. The fraction of sp³-hybridized carbons (Fsp3) is 0.387. The number of carbonyl (C=O) groups excluding carboxylic acids is 1. The fourth-order valence-electron chi connectivity index (χ4n) is 6.92. The van der Waals surface area contributed by atoms with Crippen LogP contribution in [-0.2, 0) is 11.2 Å². The number of aliphatic imine (C=N–C) groups is 2. The van der Waals surface area contributed by atoms with E-state index in [0.29, 0.717) is 11.8 Å². The molecule has 2 aromatic rings. The van der Waals surface area contributed by atoms with Crippen molar-refractivity contribution in [1.82, 2.24) is 4.90 Å². The summed E-state index contributed by atoms with van der Waals surface area (Å²) < 4.78 is 6.52. The number of nitrogens with two attached hydrogens (primary N) is 2. The molecule has 2 fully saturated rings. The Bertz CT molecular complexity index is 1420. The monoisotopic (exact) mass is 523 g/mol. The SMILES string of the molecule is NC(=O)[C@@H]1CCCN1CC1CC(C2=C3C=NC=C[N+]3(N)C(c3ccc4c(c3)O[C@H](c3ccccc3)CC4)=N2)C1. The minimum Gasteiger partial charge on any atom is -0.485 e. The first-order valence-corrected chi connectivity index (χ1v) is 14.1. The molecule has 0 radical (unpaired) electrons. The number of amidine groups is 1. The lowest BCUT2D eigenvalue weighted by Crippen LogP contribution is -2.53. The molecule has 0 aromatic heterocycles. The number of primary amides is 1. The van der Waals surface area contributed by atoms with Gasteiger partial charge >= 0.3 is 0 Å². The van der Waals surface area contributed by atoms with Crippen LogP contribution in [0.4, 0.5) is 0 Å². The van der Waals surface area contributed by atoms with Gasteiger partial charge in [0.2, 0.25) is 11.6 Å². The fourth-order valence-corrected chi connectivity index (χ4v) is 6.92. The summed E-state index contributed by atoms with van der Waals surface area (Å²) in [5.41, 5.74) is 11.0. The first-order valence-electron chi connectivity index (χ1n) is 14.1. The van der Waals surface area contributed by atoms with Gasteiger partial charge in [0.15, 0.2) is 0 Å². The maximum absolute atomic E-state index is 11.8. The summed E-state index contributed by atoms with van der Waals surface area (Å²) in [6.45, 7) is 1.88. The van der Waals surface area contributed by atoms with Gasteiger partial charge in [-0.25, -0.2) is 0 Å². The first-order chi connectivity index (χ1) is 19.0. The maximum atomic E-state index is 11.8. The van der Waals surface area contributed by atoms with Gasteiger partial charge in [-0.1, -0.05) is 36.4 Å². The number of likely N-dealkylation sites (tertiary alicyclic amines) is 1. The van der Waals surface area contributed by atoms with E-state index in [1.54, 1.807) is 6.20 Å². The lowest BCUT2D eigenvalue weighted by atomic mass is 9.72. The van der Waals surface area contributed by atoms with Gasteiger partial charge in [0.25, 0.3) is 5.84 Å². The maximum Gasteiger partial charge on any atom is 0.265 e. The van der Waals surface area contributed by atoms with Crippen molar-refractivity contribution >= 4 is 18.0 Å². The Morgan fingerprint density at radius 3 is 2.79 bits per heavy atom. The van der Waals surface area contributed by atoms with E-state index in [1.165, 1.54) is 11.1 Å². The molecule has 5 aliphatic rings. The van der Waals surface area contributed by atoms with Crippen LogP contribution in [0.1, 0.15) is 54.9 Å². The molecule has 4 heterocycles. The molecule has 2 aromatic carbocycles. The van der Waals surface area contributed by atoms with Crippen LogP contribution in [0.2, 0.25) is 0 Å². The Balaban J connectivity index is 1.12. The van der Waals surface area contributed by atoms with Crippen LogP contribution >= 0.6 is 0 Å². The number of ether oxygens (including phenoxy) is 1. The van der Waals surface area contributed by atoms with E-state index >= 15 is 0 Å². The molecule has 8 nitrogen and oxygen atoms in total. The highest BCUT2D eigenvalue weighted by Crippen LogP contribution is 2.46. The summed E-state index contributed by atoms with van der Waals surface area (Å²) >= 11 is 0. The Hall–Kier alpha value is -3.59. The van der Waals surface area contributed by atoms with E-state index in [4.69, 9.17) is 21.3 Å². The molecule has 200 valence electrons. The lowest BCUT2D eigenvalue weighted by Gasteiger charge is -2.38. The third-order valence-electron chi connectivity index (χ3n) is 9.07. The predicted octanol–water partition coefficient (Wildman–Crippen LogP) is 3.95. The molecule has 1 aliphatic carbocycles. The summed E-state index contributed by atoms with van der Waals surface area (Å²) in [7, 11) is 0. The third kappa shape index (κ3) is 4.23. The van der Waals surface area contributed by atoms with Crippen LogP contribution in [0, 0.1) is 11.8 Å². The molecule has 3 atom stereocenters. The number of fused-ring (bicyclic) bond motifs is 2. The standard InChI is InChI=1S/C31H34N6O2/c32-30(38)25-7-4-13-36(25)19-20-15-24(16-20)29-26-18-34-12-14-37(26,33)31(35-29)23-9-8-22-10-11-27(39-28(22)17-23)21-5-2-1-3-6-21/h1-3,5-6,8-9,12,14,17-18,20,24-25,27H,4,7,10-11,13,15-16,19,33H2,(H-,32,38)/p+1/t20?,24?,25-,27-,37?/m0/s1. The Morgan fingerprint density at radius 2 is 1.97 bits per heavy atom. The first kappa shape index (κ1) is 24.5. The van der Waals surface area contributed by atoms with Gasteiger partial charge in [0.1, 0.15) is 23.8 Å². The molecular weight excluding hydrogens is 488 g/mol. The number of carbonyl (C=O) groups is 1. The van der Waals surface area contributed by atoms with E-state index in [9.17, 15) is 4.79 Å². The van der Waals surface area contributed by atoms with Crippen LogP contribution in [0.5, 0.6) is 5.75 Å².